The van der Waals surface area contributed by atoms with Crippen molar-refractivity contribution in [2.24, 2.45) is 0 Å². The number of ether oxygens (including phenoxy) is 2. The number of anilines is 1. The van der Waals surface area contributed by atoms with Crippen molar-refractivity contribution in [3.63, 3.8) is 0 Å². The summed E-state index contributed by atoms with van der Waals surface area (Å²) in [7, 11) is 4.26. The van der Waals surface area contributed by atoms with Crippen LogP contribution < -0.4 is 16.2 Å². The third-order valence-corrected chi connectivity index (χ3v) is 6.77. The molecule has 0 aliphatic carbocycles. The number of hydrogen-bond donors (Lipinski definition) is 2. The van der Waals surface area contributed by atoms with E-state index in [0.717, 1.165) is 38.7 Å². The van der Waals surface area contributed by atoms with Crippen LogP contribution in [0.25, 0.3) is 10.9 Å². The lowest BCUT2D eigenvalue weighted by atomic mass is 10.1. The summed E-state index contributed by atoms with van der Waals surface area (Å²) in [4.78, 5) is 69.0. The molecule has 0 radical (unpaired) electrons. The number of rotatable bonds is 11. The lowest BCUT2D eigenvalue weighted by molar-refractivity contribution is -0.134. The maximum atomic E-state index is 14.6. The number of nitrogens with zero attached hydrogens (tertiary/aromatic N) is 4. The van der Waals surface area contributed by atoms with Crippen molar-refractivity contribution in [1.29, 1.82) is 0 Å². The van der Waals surface area contributed by atoms with E-state index in [1.165, 1.54) is 39.4 Å². The second kappa shape index (κ2) is 15.8. The number of amides is 3. The first-order valence-electron chi connectivity index (χ1n) is 15.0. The maximum Gasteiger partial charge on any atom is 0.419 e. The molecule has 0 spiro atoms. The molecule has 0 saturated heterocycles. The predicted octanol–water partition coefficient (Wildman–Crippen LogP) is 4.75. The van der Waals surface area contributed by atoms with Gasteiger partial charge in [-0.2, -0.15) is 13.2 Å². The van der Waals surface area contributed by atoms with E-state index in [1.807, 2.05) is 0 Å². The Bertz CT molecular complexity index is 1790. The fourth-order valence-electron chi connectivity index (χ4n) is 4.58. The number of aromatic nitrogens is 3. The minimum atomic E-state index is -4.55. The Kier molecular flexibility index (Phi) is 12.3. The van der Waals surface area contributed by atoms with Crippen molar-refractivity contribution in [3.05, 3.63) is 70.3 Å². The van der Waals surface area contributed by atoms with E-state index >= 15 is 0 Å². The number of hydrogen-bond acceptors (Lipinski definition) is 8. The first kappa shape index (κ1) is 38.2. The van der Waals surface area contributed by atoms with Gasteiger partial charge in [-0.1, -0.05) is 6.08 Å². The molecule has 1 atom stereocenters. The van der Waals surface area contributed by atoms with Gasteiger partial charge in [-0.05, 0) is 69.9 Å². The number of aryl methyl sites for hydroxylation is 1. The average Bonchev–Trinajstić information content (AvgIpc) is 3.35. The third kappa shape index (κ3) is 10.9. The lowest BCUT2D eigenvalue weighted by Gasteiger charge is -2.22. The SMILES string of the molecule is CNC(=O)/C=C/CC[C@H](OC(=O)N(C)C)C(=O)Nc1cncn(Cc2cc3cc(F)cc(CCC(F)(F)F)c3n2C(=O)OC(C)(C)C)c1=O. The molecule has 0 saturated carbocycles. The van der Waals surface area contributed by atoms with E-state index in [0.29, 0.717) is 0 Å². The van der Waals surface area contributed by atoms with Gasteiger partial charge in [0.25, 0.3) is 11.5 Å². The molecule has 1 aromatic carbocycles. The number of halogens is 4. The zero-order valence-electron chi connectivity index (χ0n) is 27.8. The van der Waals surface area contributed by atoms with Gasteiger partial charge in [-0.3, -0.25) is 19.0 Å². The van der Waals surface area contributed by atoms with Crippen LogP contribution in [0, 0.1) is 5.82 Å². The van der Waals surface area contributed by atoms with Gasteiger partial charge >= 0.3 is 18.4 Å². The standard InChI is InChI=1S/C32H38F4N6O7/c1-31(2,3)49-30(47)42-22(15-20-14-21(33)13-19(26(20)42)11-12-32(34,35)36)17-41-18-38-16-23(28(41)45)39-27(44)24(48-29(46)40(5)6)9-7-8-10-25(43)37-4/h8,10,13-16,18,24H,7,9,11-12,17H2,1-6H3,(H,37,43)(H,39,44)/b10-8+/t24-/m0/s1. The highest BCUT2D eigenvalue weighted by molar-refractivity contribution is 5.95. The predicted molar refractivity (Wildman–Crippen MR) is 171 cm³/mol. The topological polar surface area (TPSA) is 154 Å². The second-order valence-electron chi connectivity index (χ2n) is 12.2. The van der Waals surface area contributed by atoms with Gasteiger partial charge in [0, 0.05) is 33.0 Å². The van der Waals surface area contributed by atoms with Crippen LogP contribution in [0.4, 0.5) is 32.8 Å². The normalized spacial score (nSPS) is 12.5. The second-order valence-corrected chi connectivity index (χ2v) is 12.2. The number of allylic oxidation sites excluding steroid dienone is 1. The van der Waals surface area contributed by atoms with Gasteiger partial charge in [-0.15, -0.1) is 0 Å². The van der Waals surface area contributed by atoms with Gasteiger partial charge in [0.2, 0.25) is 5.91 Å². The number of nitrogens with one attached hydrogen (secondary N) is 2. The molecule has 0 unspecified atom stereocenters. The van der Waals surface area contributed by atoms with Gasteiger partial charge < -0.3 is 25.0 Å². The monoisotopic (exact) mass is 694 g/mol. The van der Waals surface area contributed by atoms with Crippen LogP contribution in [-0.2, 0) is 32.0 Å². The summed E-state index contributed by atoms with van der Waals surface area (Å²) < 4.78 is 66.8. The van der Waals surface area contributed by atoms with Crippen LogP contribution >= 0.6 is 0 Å². The fourth-order valence-corrected chi connectivity index (χ4v) is 4.58. The number of alkyl halides is 3. The van der Waals surface area contributed by atoms with Gasteiger partial charge in [0.1, 0.15) is 17.1 Å². The van der Waals surface area contributed by atoms with Gasteiger partial charge in [-0.25, -0.2) is 23.5 Å². The van der Waals surface area contributed by atoms with E-state index < -0.39 is 66.7 Å². The first-order chi connectivity index (χ1) is 22.8. The molecule has 2 heterocycles. The van der Waals surface area contributed by atoms with Crippen molar-refractivity contribution in [1.82, 2.24) is 24.3 Å². The smallest absolute Gasteiger partial charge is 0.419 e. The molecule has 3 amide bonds. The number of carbonyl (C=O) groups excluding carboxylic acids is 4. The lowest BCUT2D eigenvalue weighted by Crippen LogP contribution is -2.38. The van der Waals surface area contributed by atoms with Crippen molar-refractivity contribution in [2.75, 3.05) is 26.5 Å². The number of benzene rings is 1. The molecule has 2 aromatic heterocycles. The molecule has 0 bridgehead atoms. The minimum absolute atomic E-state index is 0.0172. The Hall–Kier alpha value is -5.22. The Morgan fingerprint density at radius 2 is 1.80 bits per heavy atom. The summed E-state index contributed by atoms with van der Waals surface area (Å²) >= 11 is 0. The van der Waals surface area contributed by atoms with Gasteiger partial charge in [0.15, 0.2) is 6.10 Å². The Morgan fingerprint density at radius 3 is 2.41 bits per heavy atom. The van der Waals surface area contributed by atoms with Crippen LogP contribution in [-0.4, -0.2) is 82.0 Å². The molecule has 0 aliphatic heterocycles. The molecule has 266 valence electrons. The molecule has 0 fully saturated rings. The fraction of sp³-hybridized carbons (Fsp3) is 0.438. The molecule has 17 heteroatoms. The van der Waals surface area contributed by atoms with E-state index in [4.69, 9.17) is 9.47 Å². The summed E-state index contributed by atoms with van der Waals surface area (Å²) in [5.74, 6) is -2.07. The Morgan fingerprint density at radius 1 is 1.10 bits per heavy atom. The van der Waals surface area contributed by atoms with Crippen LogP contribution in [0.3, 0.4) is 0 Å². The minimum Gasteiger partial charge on any atom is -0.443 e. The summed E-state index contributed by atoms with van der Waals surface area (Å²) in [5.41, 5.74) is -2.21. The molecular weight excluding hydrogens is 656 g/mol. The molecule has 0 aliphatic rings. The highest BCUT2D eigenvalue weighted by atomic mass is 19.4. The van der Waals surface area contributed by atoms with E-state index in [1.54, 1.807) is 20.8 Å². The maximum absolute atomic E-state index is 14.6. The number of likely N-dealkylation sites (N-methyl/N-ethyl adjacent to an activating group) is 1. The zero-order valence-corrected chi connectivity index (χ0v) is 27.8. The molecule has 49 heavy (non-hydrogen) atoms. The van der Waals surface area contributed by atoms with Crippen LogP contribution in [0.15, 0.2) is 47.7 Å². The van der Waals surface area contributed by atoms with Crippen LogP contribution in [0.2, 0.25) is 0 Å². The zero-order chi connectivity index (χ0) is 36.7. The Balaban J connectivity index is 2.01. The quantitative estimate of drug-likeness (QED) is 0.215. The highest BCUT2D eigenvalue weighted by Gasteiger charge is 2.30. The van der Waals surface area contributed by atoms with E-state index in [2.05, 4.69) is 15.6 Å². The number of carbonyl (C=O) groups is 4. The van der Waals surface area contributed by atoms with Crippen molar-refractivity contribution >= 4 is 40.6 Å². The highest BCUT2D eigenvalue weighted by Crippen LogP contribution is 2.30. The summed E-state index contributed by atoms with van der Waals surface area (Å²) in [6, 6.07) is 3.31. The van der Waals surface area contributed by atoms with E-state index in [9.17, 15) is 41.5 Å². The molecule has 13 nitrogen and oxygen atoms in total. The summed E-state index contributed by atoms with van der Waals surface area (Å²) in [5, 5.41) is 4.89. The van der Waals surface area contributed by atoms with Crippen molar-refractivity contribution in [2.45, 2.75) is 70.9 Å². The van der Waals surface area contributed by atoms with Crippen LogP contribution in [0.1, 0.15) is 51.3 Å². The molecule has 2 N–H and O–H groups in total. The Labute approximate surface area is 278 Å². The van der Waals surface area contributed by atoms with Gasteiger partial charge in [0.05, 0.1) is 30.3 Å². The van der Waals surface area contributed by atoms with Crippen LogP contribution in [0.5, 0.6) is 0 Å². The number of fused-ring (bicyclic) bond motifs is 1. The average molecular weight is 695 g/mol. The molecule has 3 rings (SSSR count). The van der Waals surface area contributed by atoms with Crippen molar-refractivity contribution < 1.29 is 46.2 Å². The van der Waals surface area contributed by atoms with Crippen molar-refractivity contribution in [3.8, 4) is 0 Å². The summed E-state index contributed by atoms with van der Waals surface area (Å²) in [6.07, 6.45) is -4.66. The molecule has 3 aromatic rings. The summed E-state index contributed by atoms with van der Waals surface area (Å²) in [6.45, 7) is 4.36. The van der Waals surface area contributed by atoms with E-state index in [-0.39, 0.29) is 46.6 Å². The third-order valence-electron chi connectivity index (χ3n) is 6.77. The molecular formula is C32H38F4N6O7. The first-order valence-corrected chi connectivity index (χ1v) is 15.0. The largest absolute Gasteiger partial charge is 0.443 e.